The van der Waals surface area contributed by atoms with Gasteiger partial charge in [0.15, 0.2) is 5.96 Å². The third kappa shape index (κ3) is 5.15. The number of imidazole rings is 1. The lowest BCUT2D eigenvalue weighted by atomic mass is 10.3. The first-order valence-corrected chi connectivity index (χ1v) is 8.12. The minimum absolute atomic E-state index is 0. The maximum absolute atomic E-state index is 4.61. The second kappa shape index (κ2) is 9.36. The fraction of sp³-hybridized carbons (Fsp3) is 0.278. The van der Waals surface area contributed by atoms with Crippen LogP contribution in [0.25, 0.3) is 5.65 Å². The summed E-state index contributed by atoms with van der Waals surface area (Å²) < 4.78 is 2.08. The quantitative estimate of drug-likeness (QED) is 0.357. The molecule has 0 aliphatic heterocycles. The van der Waals surface area contributed by atoms with E-state index in [1.54, 1.807) is 6.20 Å². The first kappa shape index (κ1) is 19.2. The molecule has 0 aliphatic carbocycles. The van der Waals surface area contributed by atoms with Gasteiger partial charge in [0.25, 0.3) is 0 Å². The predicted octanol–water partition coefficient (Wildman–Crippen LogP) is 2.91. The Balaban J connectivity index is 0.00000225. The number of hydrogen-bond donors (Lipinski definition) is 2. The number of aromatic nitrogens is 3. The van der Waals surface area contributed by atoms with E-state index in [1.807, 2.05) is 43.5 Å². The number of hydrogen-bond acceptors (Lipinski definition) is 3. The number of fused-ring (bicyclic) bond motifs is 1. The highest BCUT2D eigenvalue weighted by Crippen LogP contribution is 2.09. The van der Waals surface area contributed by atoms with Crippen molar-refractivity contribution in [1.82, 2.24) is 25.0 Å². The van der Waals surface area contributed by atoms with Crippen LogP contribution in [0.3, 0.4) is 0 Å². The highest BCUT2D eigenvalue weighted by Gasteiger charge is 2.04. The van der Waals surface area contributed by atoms with Crippen molar-refractivity contribution in [2.75, 3.05) is 6.54 Å². The lowest BCUT2D eigenvalue weighted by molar-refractivity contribution is 0.797. The van der Waals surface area contributed by atoms with E-state index in [0.29, 0.717) is 13.1 Å². The highest BCUT2D eigenvalue weighted by molar-refractivity contribution is 14.0. The third-order valence-electron chi connectivity index (χ3n) is 3.65. The van der Waals surface area contributed by atoms with Crippen LogP contribution in [0.2, 0.25) is 0 Å². The molecular formula is C18H23IN6. The van der Waals surface area contributed by atoms with Gasteiger partial charge in [0.05, 0.1) is 24.5 Å². The van der Waals surface area contributed by atoms with Crippen LogP contribution in [0.1, 0.15) is 24.0 Å². The Morgan fingerprint density at radius 1 is 1.12 bits per heavy atom. The molecule has 3 heterocycles. The Kier molecular flexibility index (Phi) is 7.17. The van der Waals surface area contributed by atoms with Crippen LogP contribution in [0, 0.1) is 6.92 Å². The number of aryl methyl sites for hydroxylation is 1. The summed E-state index contributed by atoms with van der Waals surface area (Å²) in [5, 5.41) is 6.54. The zero-order chi connectivity index (χ0) is 16.8. The van der Waals surface area contributed by atoms with Gasteiger partial charge in [-0.1, -0.05) is 12.1 Å². The Morgan fingerprint density at radius 3 is 2.72 bits per heavy atom. The number of pyridine rings is 2. The molecule has 0 saturated heterocycles. The van der Waals surface area contributed by atoms with Gasteiger partial charge in [-0.05, 0) is 38.1 Å². The molecule has 3 aromatic heterocycles. The highest BCUT2D eigenvalue weighted by atomic mass is 127. The molecule has 0 fully saturated rings. The predicted molar refractivity (Wildman–Crippen MR) is 111 cm³/mol. The van der Waals surface area contributed by atoms with E-state index < -0.39 is 0 Å². The van der Waals surface area contributed by atoms with Gasteiger partial charge < -0.3 is 15.0 Å². The Labute approximate surface area is 164 Å². The van der Waals surface area contributed by atoms with Gasteiger partial charge in [0.2, 0.25) is 0 Å². The average Bonchev–Trinajstić information content (AvgIpc) is 3.03. The Hall–Kier alpha value is -2.16. The van der Waals surface area contributed by atoms with E-state index in [4.69, 9.17) is 0 Å². The van der Waals surface area contributed by atoms with E-state index in [-0.39, 0.29) is 24.0 Å². The topological polar surface area (TPSA) is 66.6 Å². The maximum Gasteiger partial charge on any atom is 0.191 e. The van der Waals surface area contributed by atoms with Gasteiger partial charge in [-0.3, -0.25) is 4.98 Å². The first-order valence-electron chi connectivity index (χ1n) is 8.12. The molecule has 0 bridgehead atoms. The number of nitrogens with one attached hydrogen (secondary N) is 2. The van der Waals surface area contributed by atoms with Crippen LogP contribution in [0.4, 0.5) is 0 Å². The summed E-state index contributed by atoms with van der Waals surface area (Å²) in [5.74, 6) is 0.761. The van der Waals surface area contributed by atoms with Crippen molar-refractivity contribution in [3.05, 3.63) is 65.9 Å². The van der Waals surface area contributed by atoms with Crippen molar-refractivity contribution in [2.45, 2.75) is 26.9 Å². The van der Waals surface area contributed by atoms with Gasteiger partial charge in [-0.2, -0.15) is 0 Å². The monoisotopic (exact) mass is 450 g/mol. The Bertz CT molecular complexity index is 828. The van der Waals surface area contributed by atoms with Crippen LogP contribution in [0.5, 0.6) is 0 Å². The van der Waals surface area contributed by atoms with Gasteiger partial charge >= 0.3 is 0 Å². The molecule has 25 heavy (non-hydrogen) atoms. The molecule has 132 valence electrons. The molecule has 3 aromatic rings. The first-order chi connectivity index (χ1) is 11.8. The molecule has 0 radical (unpaired) electrons. The minimum atomic E-state index is 0. The van der Waals surface area contributed by atoms with E-state index in [2.05, 4.69) is 43.0 Å². The minimum Gasteiger partial charge on any atom is -0.357 e. The lowest BCUT2D eigenvalue weighted by Gasteiger charge is -2.10. The Morgan fingerprint density at radius 2 is 2.00 bits per heavy atom. The lowest BCUT2D eigenvalue weighted by Crippen LogP contribution is -2.37. The van der Waals surface area contributed by atoms with Crippen molar-refractivity contribution in [1.29, 1.82) is 0 Å². The molecule has 2 N–H and O–H groups in total. The molecule has 6 nitrogen and oxygen atoms in total. The molecule has 0 aliphatic rings. The van der Waals surface area contributed by atoms with Crippen molar-refractivity contribution in [2.24, 2.45) is 4.99 Å². The summed E-state index contributed by atoms with van der Waals surface area (Å²) in [4.78, 5) is 13.5. The molecule has 0 unspecified atom stereocenters. The van der Waals surface area contributed by atoms with Gasteiger partial charge in [-0.25, -0.2) is 9.98 Å². The SMILES string of the molecule is CCNC(=NCc1cn2c(C)cccc2n1)NCc1ccccn1.I. The van der Waals surface area contributed by atoms with Crippen LogP contribution in [0.15, 0.2) is 53.8 Å². The standard InChI is InChI=1S/C18H22N6.HI/c1-3-19-18(21-11-15-8-4-5-10-20-15)22-12-16-13-24-14(2)7-6-9-17(24)23-16;/h4-10,13H,3,11-12H2,1-2H3,(H2,19,21,22);1H. The number of halogens is 1. The van der Waals surface area contributed by atoms with E-state index in [0.717, 1.165) is 35.2 Å². The van der Waals surface area contributed by atoms with Crippen LogP contribution in [-0.4, -0.2) is 26.9 Å². The van der Waals surface area contributed by atoms with Crippen molar-refractivity contribution in [3.63, 3.8) is 0 Å². The molecule has 3 rings (SSSR count). The summed E-state index contributed by atoms with van der Waals surface area (Å²) in [6.45, 7) is 6.08. The summed E-state index contributed by atoms with van der Waals surface area (Å²) in [6.07, 6.45) is 3.83. The molecule has 0 saturated carbocycles. The fourth-order valence-corrected chi connectivity index (χ4v) is 2.45. The van der Waals surface area contributed by atoms with E-state index in [9.17, 15) is 0 Å². The molecule has 0 spiro atoms. The maximum atomic E-state index is 4.61. The van der Waals surface area contributed by atoms with E-state index in [1.165, 1.54) is 0 Å². The molecule has 0 amide bonds. The number of guanidine groups is 1. The molecule has 0 aromatic carbocycles. The summed E-state index contributed by atoms with van der Waals surface area (Å²) >= 11 is 0. The molecular weight excluding hydrogens is 427 g/mol. The van der Waals surface area contributed by atoms with Crippen LogP contribution in [-0.2, 0) is 13.1 Å². The van der Waals surface area contributed by atoms with Crippen LogP contribution >= 0.6 is 24.0 Å². The summed E-state index contributed by atoms with van der Waals surface area (Å²) in [6, 6.07) is 12.0. The number of nitrogens with zero attached hydrogens (tertiary/aromatic N) is 4. The normalized spacial score (nSPS) is 11.2. The number of rotatable bonds is 5. The van der Waals surface area contributed by atoms with Gasteiger partial charge in [-0.15, -0.1) is 24.0 Å². The molecule has 7 heteroatoms. The second-order valence-corrected chi connectivity index (χ2v) is 5.50. The van der Waals surface area contributed by atoms with E-state index >= 15 is 0 Å². The van der Waals surface area contributed by atoms with Gasteiger partial charge in [0, 0.05) is 24.6 Å². The van der Waals surface area contributed by atoms with Crippen molar-refractivity contribution >= 4 is 35.6 Å². The summed E-state index contributed by atoms with van der Waals surface area (Å²) in [5.41, 5.74) is 4.04. The summed E-state index contributed by atoms with van der Waals surface area (Å²) in [7, 11) is 0. The smallest absolute Gasteiger partial charge is 0.191 e. The van der Waals surface area contributed by atoms with Crippen LogP contribution < -0.4 is 10.6 Å². The number of aliphatic imine (C=N–C) groups is 1. The van der Waals surface area contributed by atoms with Crippen molar-refractivity contribution in [3.8, 4) is 0 Å². The second-order valence-electron chi connectivity index (χ2n) is 5.50. The van der Waals surface area contributed by atoms with Gasteiger partial charge in [0.1, 0.15) is 5.65 Å². The average molecular weight is 450 g/mol. The molecule has 0 atom stereocenters. The third-order valence-corrected chi connectivity index (χ3v) is 3.65. The fourth-order valence-electron chi connectivity index (χ4n) is 2.45. The largest absolute Gasteiger partial charge is 0.357 e. The van der Waals surface area contributed by atoms with Crippen molar-refractivity contribution < 1.29 is 0 Å². The zero-order valence-corrected chi connectivity index (χ0v) is 16.8. The zero-order valence-electron chi connectivity index (χ0n) is 14.4.